The maximum atomic E-state index is 14.0. The van der Waals surface area contributed by atoms with E-state index in [1.165, 1.54) is 18.6 Å². The Morgan fingerprint density at radius 3 is 2.35 bits per heavy atom. The highest BCUT2D eigenvalue weighted by molar-refractivity contribution is 7.90. The second-order valence-corrected chi connectivity index (χ2v) is 12.8. The van der Waals surface area contributed by atoms with Gasteiger partial charge in [0.15, 0.2) is 11.6 Å². The van der Waals surface area contributed by atoms with Gasteiger partial charge in [0.05, 0.1) is 21.6 Å². The second-order valence-electron chi connectivity index (χ2n) is 11.3. The van der Waals surface area contributed by atoms with E-state index in [-0.39, 0.29) is 27.8 Å². The molecule has 0 heterocycles. The Morgan fingerprint density at radius 1 is 1.00 bits per heavy atom. The Balaban J connectivity index is 1.67. The summed E-state index contributed by atoms with van der Waals surface area (Å²) in [6, 6.07) is 13.4. The number of fused-ring (bicyclic) bond motifs is 5. The number of carbonyl (C=O) groups excluding carboxylic acids is 3. The minimum Gasteiger partial charge on any atom is -0.457 e. The maximum absolute atomic E-state index is 14.0. The molecule has 5 rings (SSSR count). The van der Waals surface area contributed by atoms with Crippen molar-refractivity contribution in [1.82, 2.24) is 0 Å². The molecule has 0 saturated carbocycles. The number of aryl methyl sites for hydroxylation is 2. The number of ether oxygens (including phenoxy) is 1. The molecule has 0 radical (unpaired) electrons. The van der Waals surface area contributed by atoms with E-state index in [0.29, 0.717) is 4.90 Å². The predicted octanol–water partition coefficient (Wildman–Crippen LogP) is 5.27. The number of allylic oxidation sites excluding steroid dienone is 3. The van der Waals surface area contributed by atoms with Gasteiger partial charge in [-0.25, -0.2) is 4.21 Å². The van der Waals surface area contributed by atoms with Gasteiger partial charge < -0.3 is 4.74 Å². The predicted molar refractivity (Wildman–Crippen MR) is 143 cm³/mol. The van der Waals surface area contributed by atoms with E-state index >= 15 is 0 Å². The van der Waals surface area contributed by atoms with Gasteiger partial charge in [0, 0.05) is 29.7 Å². The number of hydrogen-bond acceptors (Lipinski definition) is 5. The zero-order valence-corrected chi connectivity index (χ0v) is 22.7. The summed E-state index contributed by atoms with van der Waals surface area (Å²) in [6.07, 6.45) is 3.87. The van der Waals surface area contributed by atoms with Crippen LogP contribution in [-0.4, -0.2) is 27.8 Å². The molecule has 37 heavy (non-hydrogen) atoms. The van der Waals surface area contributed by atoms with E-state index < -0.39 is 34.7 Å². The van der Waals surface area contributed by atoms with Crippen molar-refractivity contribution in [3.8, 4) is 0 Å². The molecule has 5 atom stereocenters. The van der Waals surface area contributed by atoms with E-state index in [1.54, 1.807) is 12.1 Å². The van der Waals surface area contributed by atoms with Crippen molar-refractivity contribution in [2.24, 2.45) is 11.8 Å². The maximum Gasteiger partial charge on any atom is 0.303 e. The first kappa shape index (κ1) is 25.5. The Morgan fingerprint density at radius 2 is 1.70 bits per heavy atom. The molecule has 0 unspecified atom stereocenters. The molecule has 0 aromatic heterocycles. The summed E-state index contributed by atoms with van der Waals surface area (Å²) >= 11 is 0. The fourth-order valence-corrected chi connectivity index (χ4v) is 7.32. The lowest BCUT2D eigenvalue weighted by molar-refractivity contribution is -0.152. The molecule has 6 heteroatoms. The van der Waals surface area contributed by atoms with Gasteiger partial charge in [-0.2, -0.15) is 0 Å². The van der Waals surface area contributed by atoms with Crippen molar-refractivity contribution in [2.75, 3.05) is 0 Å². The van der Waals surface area contributed by atoms with Crippen LogP contribution in [0.3, 0.4) is 0 Å². The molecule has 3 aliphatic carbocycles. The molecular weight excluding hydrogens is 484 g/mol. The summed E-state index contributed by atoms with van der Waals surface area (Å²) in [6.45, 7) is 9.69. The number of hydrogen-bond donors (Lipinski definition) is 0. The number of ketones is 2. The number of benzene rings is 2. The van der Waals surface area contributed by atoms with Crippen molar-refractivity contribution < 1.29 is 23.3 Å². The van der Waals surface area contributed by atoms with Crippen LogP contribution in [0.25, 0.3) is 0 Å². The van der Waals surface area contributed by atoms with Crippen molar-refractivity contribution in [3.05, 3.63) is 87.3 Å². The van der Waals surface area contributed by atoms with Crippen LogP contribution >= 0.6 is 0 Å². The van der Waals surface area contributed by atoms with E-state index in [9.17, 15) is 18.6 Å². The minimum atomic E-state index is -1.82. The van der Waals surface area contributed by atoms with Crippen LogP contribution in [0.5, 0.6) is 0 Å². The largest absolute Gasteiger partial charge is 0.457 e. The van der Waals surface area contributed by atoms with Gasteiger partial charge in [0.25, 0.3) is 0 Å². The molecule has 192 valence electrons. The molecule has 3 aliphatic rings. The van der Waals surface area contributed by atoms with Gasteiger partial charge in [0.2, 0.25) is 0 Å². The third-order valence-corrected chi connectivity index (χ3v) is 9.18. The minimum absolute atomic E-state index is 0.0238. The fraction of sp³-hybridized carbons (Fsp3) is 0.387. The van der Waals surface area contributed by atoms with Gasteiger partial charge in [-0.3, -0.25) is 14.4 Å². The van der Waals surface area contributed by atoms with Crippen LogP contribution in [0, 0.1) is 18.8 Å². The van der Waals surface area contributed by atoms with Crippen LogP contribution in [0.1, 0.15) is 62.3 Å². The lowest BCUT2D eigenvalue weighted by Crippen LogP contribution is -2.50. The summed E-state index contributed by atoms with van der Waals surface area (Å²) in [5.74, 6) is -3.04. The number of carbonyl (C=O) groups is 3. The topological polar surface area (TPSA) is 77.5 Å². The molecule has 2 aromatic rings. The monoisotopic (exact) mass is 516 g/mol. The Labute approximate surface area is 220 Å². The first-order chi connectivity index (χ1) is 17.5. The van der Waals surface area contributed by atoms with Crippen molar-refractivity contribution in [2.45, 2.75) is 69.8 Å². The first-order valence-electron chi connectivity index (χ1n) is 12.8. The van der Waals surface area contributed by atoms with Crippen LogP contribution in [-0.2, 0) is 41.8 Å². The van der Waals surface area contributed by atoms with Crippen molar-refractivity contribution in [1.29, 1.82) is 0 Å². The third kappa shape index (κ3) is 4.46. The average Bonchev–Trinajstić information content (AvgIpc) is 2.84. The summed E-state index contributed by atoms with van der Waals surface area (Å²) < 4.78 is 19.1. The summed E-state index contributed by atoms with van der Waals surface area (Å²) in [4.78, 5) is 40.4. The van der Waals surface area contributed by atoms with E-state index in [2.05, 4.69) is 39.0 Å². The smallest absolute Gasteiger partial charge is 0.303 e. The average molecular weight is 517 g/mol. The zero-order chi connectivity index (χ0) is 26.6. The third-order valence-electron chi connectivity index (χ3n) is 7.76. The van der Waals surface area contributed by atoms with Crippen LogP contribution in [0.2, 0.25) is 0 Å². The zero-order valence-electron chi connectivity index (χ0n) is 21.9. The fourth-order valence-electron chi connectivity index (χ4n) is 6.14. The standard InChI is InChI=1S/C31H32O5S/c1-17-9-13-21(14-10-17)37(35)25-16-23(33)28-27-20(15-24(36-18(2)32)29(28)30(25)34)12-11-19-7-6-8-22(26(19)27)31(3,4)5/h6-10,13-16,24,27-29H,11-12H2,1-5H3/t24-,27-,28+,29-,37-/m0/s1. The molecule has 5 nitrogen and oxygen atoms in total. The Hall–Kier alpha value is -3.12. The van der Waals surface area contributed by atoms with Gasteiger partial charge >= 0.3 is 5.97 Å². The lowest BCUT2D eigenvalue weighted by atomic mass is 9.58. The first-order valence-corrected chi connectivity index (χ1v) is 13.9. The number of rotatable bonds is 3. The molecule has 0 fully saturated rings. The van der Waals surface area contributed by atoms with E-state index in [1.807, 2.05) is 25.1 Å². The van der Waals surface area contributed by atoms with E-state index in [0.717, 1.165) is 35.1 Å². The molecule has 0 bridgehead atoms. The van der Waals surface area contributed by atoms with Gasteiger partial charge in [-0.05, 0) is 60.1 Å². The second kappa shape index (κ2) is 9.32. The number of Topliss-reactive ketones (excluding diaryl/α,β-unsaturated/α-hetero) is 1. The van der Waals surface area contributed by atoms with Gasteiger partial charge in [-0.15, -0.1) is 0 Å². The molecule has 0 N–H and O–H groups in total. The molecule has 0 spiro atoms. The summed E-state index contributed by atoms with van der Waals surface area (Å²) in [7, 11) is -1.82. The van der Waals surface area contributed by atoms with Crippen LogP contribution in [0.15, 0.2) is 70.0 Å². The quantitative estimate of drug-likeness (QED) is 0.410. The molecular formula is C31H32O5S. The molecule has 2 aromatic carbocycles. The van der Waals surface area contributed by atoms with Gasteiger partial charge in [-0.1, -0.05) is 62.2 Å². The van der Waals surface area contributed by atoms with Gasteiger partial charge in [0.1, 0.15) is 6.10 Å². The van der Waals surface area contributed by atoms with Crippen molar-refractivity contribution in [3.63, 3.8) is 0 Å². The van der Waals surface area contributed by atoms with Crippen molar-refractivity contribution >= 4 is 28.3 Å². The lowest BCUT2D eigenvalue weighted by Gasteiger charge is -2.46. The van der Waals surface area contributed by atoms with Crippen LogP contribution in [0.4, 0.5) is 0 Å². The highest BCUT2D eigenvalue weighted by Crippen LogP contribution is 2.53. The molecule has 0 amide bonds. The highest BCUT2D eigenvalue weighted by Gasteiger charge is 2.54. The molecule has 0 aliphatic heterocycles. The van der Waals surface area contributed by atoms with E-state index in [4.69, 9.17) is 4.74 Å². The SMILES string of the molecule is CC(=O)O[C@H]1C=C2CCc3cccc(C(C)(C)C)c3[C@H]2[C@H]2C(=O)C=C([S@@](=O)c3ccc(C)cc3)C(=O)[C@H]21. The number of esters is 1. The molecule has 0 saturated heterocycles. The summed E-state index contributed by atoms with van der Waals surface area (Å²) in [5, 5.41) is 0. The highest BCUT2D eigenvalue weighted by atomic mass is 32.2. The Kier molecular flexibility index (Phi) is 6.43. The van der Waals surface area contributed by atoms with Crippen LogP contribution < -0.4 is 0 Å². The normalized spacial score (nSPS) is 25.8. The summed E-state index contributed by atoms with van der Waals surface area (Å²) in [5.41, 5.74) is 5.34. The Bertz CT molecular complexity index is 1390.